The molecule has 12 heavy (non-hydrogen) atoms. The van der Waals surface area contributed by atoms with Crippen molar-refractivity contribution in [2.75, 3.05) is 7.05 Å². The molecular formula is C7H10ClNOS2. The Hall–Kier alpha value is 0.100. The maximum atomic E-state index is 11.4. The van der Waals surface area contributed by atoms with Gasteiger partial charge in [-0.2, -0.15) is 0 Å². The van der Waals surface area contributed by atoms with E-state index in [4.69, 9.17) is 11.6 Å². The fraction of sp³-hybridized carbons (Fsp3) is 0.429. The zero-order chi connectivity index (χ0) is 9.30. The molecule has 5 heteroatoms. The molecule has 0 aliphatic carbocycles. The molecule has 1 heterocycles. The van der Waals surface area contributed by atoms with Gasteiger partial charge in [-0.05, 0) is 26.5 Å². The van der Waals surface area contributed by atoms with Crippen molar-refractivity contribution in [2.24, 2.45) is 0 Å². The van der Waals surface area contributed by atoms with Crippen LogP contribution in [0.2, 0.25) is 4.34 Å². The third kappa shape index (κ3) is 1.71. The van der Waals surface area contributed by atoms with E-state index in [1.54, 1.807) is 7.05 Å². The summed E-state index contributed by atoms with van der Waals surface area (Å²) in [6, 6.07) is 0. The highest BCUT2D eigenvalue weighted by molar-refractivity contribution is 7.83. The summed E-state index contributed by atoms with van der Waals surface area (Å²) in [4.78, 5) is 1.85. The van der Waals surface area contributed by atoms with Crippen LogP contribution in [0.1, 0.15) is 10.4 Å². The quantitative estimate of drug-likeness (QED) is 0.819. The monoisotopic (exact) mass is 223 g/mol. The van der Waals surface area contributed by atoms with Crippen LogP contribution in [-0.2, 0) is 11.0 Å². The van der Waals surface area contributed by atoms with Crippen molar-refractivity contribution in [3.8, 4) is 0 Å². The molecule has 0 fully saturated rings. The lowest BCUT2D eigenvalue weighted by molar-refractivity contribution is 0.678. The number of halogens is 1. The highest BCUT2D eigenvalue weighted by Crippen LogP contribution is 2.33. The molecule has 1 aromatic rings. The summed E-state index contributed by atoms with van der Waals surface area (Å²) in [6.45, 7) is 3.91. The van der Waals surface area contributed by atoms with E-state index in [9.17, 15) is 4.21 Å². The number of hydrogen-bond donors (Lipinski definition) is 1. The zero-order valence-corrected chi connectivity index (χ0v) is 9.49. The normalized spacial score (nSPS) is 13.3. The summed E-state index contributed by atoms with van der Waals surface area (Å²) in [7, 11) is 0.487. The van der Waals surface area contributed by atoms with E-state index >= 15 is 0 Å². The van der Waals surface area contributed by atoms with Crippen LogP contribution in [0.5, 0.6) is 0 Å². The first kappa shape index (κ1) is 10.2. The maximum absolute atomic E-state index is 11.4. The van der Waals surface area contributed by atoms with Gasteiger partial charge >= 0.3 is 0 Å². The van der Waals surface area contributed by atoms with Gasteiger partial charge in [0.15, 0.2) is 0 Å². The van der Waals surface area contributed by atoms with E-state index < -0.39 is 11.0 Å². The molecular weight excluding hydrogens is 214 g/mol. The van der Waals surface area contributed by atoms with Gasteiger partial charge in [0.1, 0.15) is 15.3 Å². The molecule has 0 saturated heterocycles. The second kappa shape index (κ2) is 3.87. The van der Waals surface area contributed by atoms with Crippen LogP contribution in [0.3, 0.4) is 0 Å². The Morgan fingerprint density at radius 3 is 2.42 bits per heavy atom. The van der Waals surface area contributed by atoms with Gasteiger partial charge in [0, 0.05) is 4.88 Å². The average Bonchev–Trinajstić information content (AvgIpc) is 2.26. The van der Waals surface area contributed by atoms with Gasteiger partial charge in [-0.25, -0.2) is 8.93 Å². The van der Waals surface area contributed by atoms with Crippen LogP contribution in [0.25, 0.3) is 0 Å². The predicted octanol–water partition coefficient (Wildman–Crippen LogP) is 2.26. The molecule has 0 aliphatic heterocycles. The fourth-order valence-corrected chi connectivity index (χ4v) is 3.55. The Morgan fingerprint density at radius 1 is 1.50 bits per heavy atom. The second-order valence-electron chi connectivity index (χ2n) is 2.36. The number of nitrogens with one attached hydrogen (secondary N) is 1. The molecule has 1 atom stereocenters. The van der Waals surface area contributed by atoms with E-state index in [2.05, 4.69) is 4.72 Å². The van der Waals surface area contributed by atoms with Crippen molar-refractivity contribution in [3.63, 3.8) is 0 Å². The number of thiophene rings is 1. The molecule has 0 bridgehead atoms. The molecule has 0 aromatic carbocycles. The van der Waals surface area contributed by atoms with Crippen LogP contribution in [0, 0.1) is 13.8 Å². The largest absolute Gasteiger partial charge is 0.237 e. The van der Waals surface area contributed by atoms with Gasteiger partial charge in [-0.15, -0.1) is 11.3 Å². The van der Waals surface area contributed by atoms with Crippen LogP contribution < -0.4 is 4.72 Å². The summed E-state index contributed by atoms with van der Waals surface area (Å²) < 4.78 is 14.7. The standard InChI is InChI=1S/C7H10ClNOS2/c1-4-5(2)11-7(8)6(4)12(10)9-3/h9H,1-3H3. The highest BCUT2D eigenvalue weighted by atomic mass is 35.5. The number of hydrogen-bond acceptors (Lipinski definition) is 2. The van der Waals surface area contributed by atoms with Gasteiger partial charge in [-0.3, -0.25) is 0 Å². The Labute approximate surface area is 83.5 Å². The van der Waals surface area contributed by atoms with Crippen LogP contribution in [-0.4, -0.2) is 11.3 Å². The molecule has 2 nitrogen and oxygen atoms in total. The van der Waals surface area contributed by atoms with Crippen molar-refractivity contribution in [1.82, 2.24) is 4.72 Å². The zero-order valence-electron chi connectivity index (χ0n) is 7.10. The fourth-order valence-electron chi connectivity index (χ4n) is 0.879. The minimum atomic E-state index is -1.16. The third-order valence-electron chi connectivity index (χ3n) is 1.66. The first-order valence-corrected chi connectivity index (χ1v) is 5.77. The molecule has 1 aromatic heterocycles. The van der Waals surface area contributed by atoms with E-state index in [1.165, 1.54) is 11.3 Å². The molecule has 1 N–H and O–H groups in total. The van der Waals surface area contributed by atoms with Crippen LogP contribution >= 0.6 is 22.9 Å². The van der Waals surface area contributed by atoms with E-state index in [-0.39, 0.29) is 0 Å². The molecule has 68 valence electrons. The minimum Gasteiger partial charge on any atom is -0.237 e. The second-order valence-corrected chi connectivity index (χ2v) is 5.54. The Balaban J connectivity index is 3.22. The lowest BCUT2D eigenvalue weighted by Gasteiger charge is -1.98. The van der Waals surface area contributed by atoms with Gasteiger partial charge < -0.3 is 0 Å². The summed E-state index contributed by atoms with van der Waals surface area (Å²) in [6.07, 6.45) is 0. The van der Waals surface area contributed by atoms with Crippen molar-refractivity contribution in [2.45, 2.75) is 18.7 Å². The maximum Gasteiger partial charge on any atom is 0.127 e. The molecule has 0 saturated carbocycles. The van der Waals surface area contributed by atoms with Crippen molar-refractivity contribution in [3.05, 3.63) is 14.8 Å². The Morgan fingerprint density at radius 2 is 2.08 bits per heavy atom. The van der Waals surface area contributed by atoms with Crippen molar-refractivity contribution >= 4 is 33.9 Å². The first-order valence-electron chi connectivity index (χ1n) is 3.42. The van der Waals surface area contributed by atoms with Gasteiger partial charge in [0.25, 0.3) is 0 Å². The van der Waals surface area contributed by atoms with Crippen LogP contribution in [0.15, 0.2) is 4.90 Å². The van der Waals surface area contributed by atoms with Gasteiger partial charge in [-0.1, -0.05) is 11.6 Å². The SMILES string of the molecule is CNS(=O)c1c(Cl)sc(C)c1C. The molecule has 0 amide bonds. The summed E-state index contributed by atoms with van der Waals surface area (Å²) >= 11 is 7.38. The average molecular weight is 224 g/mol. The summed E-state index contributed by atoms with van der Waals surface area (Å²) in [5.41, 5.74) is 1.03. The molecule has 1 rings (SSSR count). The number of rotatable bonds is 2. The van der Waals surface area contributed by atoms with E-state index in [1.807, 2.05) is 13.8 Å². The lowest BCUT2D eigenvalue weighted by Crippen LogP contribution is -2.11. The third-order valence-corrected chi connectivity index (χ3v) is 4.57. The van der Waals surface area contributed by atoms with Crippen molar-refractivity contribution < 1.29 is 4.21 Å². The molecule has 0 aliphatic rings. The van der Waals surface area contributed by atoms with E-state index in [0.29, 0.717) is 4.34 Å². The first-order chi connectivity index (χ1) is 5.57. The molecule has 0 radical (unpaired) electrons. The number of aryl methyl sites for hydroxylation is 1. The van der Waals surface area contributed by atoms with Gasteiger partial charge in [0.2, 0.25) is 0 Å². The Bertz CT molecular complexity index is 321. The lowest BCUT2D eigenvalue weighted by atomic mass is 10.3. The summed E-state index contributed by atoms with van der Waals surface area (Å²) in [5, 5.41) is 0. The van der Waals surface area contributed by atoms with Crippen LogP contribution in [0.4, 0.5) is 0 Å². The molecule has 1 unspecified atom stereocenters. The van der Waals surface area contributed by atoms with E-state index in [0.717, 1.165) is 15.3 Å². The summed E-state index contributed by atoms with van der Waals surface area (Å²) in [5.74, 6) is 0. The minimum absolute atomic E-state index is 0.623. The molecule has 0 spiro atoms. The Kier molecular flexibility index (Phi) is 3.29. The van der Waals surface area contributed by atoms with Crippen molar-refractivity contribution in [1.29, 1.82) is 0 Å². The predicted molar refractivity (Wildman–Crippen MR) is 54.3 cm³/mol. The van der Waals surface area contributed by atoms with Gasteiger partial charge in [0.05, 0.1) is 4.90 Å². The topological polar surface area (TPSA) is 29.1 Å². The highest BCUT2D eigenvalue weighted by Gasteiger charge is 2.15. The smallest absolute Gasteiger partial charge is 0.127 e.